The van der Waals surface area contributed by atoms with E-state index in [-0.39, 0.29) is 23.9 Å². The summed E-state index contributed by atoms with van der Waals surface area (Å²) in [6.07, 6.45) is 4.48. The normalized spacial score (nSPS) is 14.6. The van der Waals surface area contributed by atoms with Crippen LogP contribution in [0.5, 0.6) is 0 Å². The first-order valence-electron chi connectivity index (χ1n) is 14.3. The van der Waals surface area contributed by atoms with E-state index >= 15 is 0 Å². The molecule has 0 aliphatic carbocycles. The zero-order valence-electron chi connectivity index (χ0n) is 24.9. The van der Waals surface area contributed by atoms with Crippen molar-refractivity contribution in [3.8, 4) is 0 Å². The topological polar surface area (TPSA) is 76.5 Å². The van der Waals surface area contributed by atoms with Gasteiger partial charge in [0, 0.05) is 25.8 Å². The number of ether oxygens (including phenoxy) is 1. The molecule has 8 heteroatoms. The molecule has 0 saturated carbocycles. The summed E-state index contributed by atoms with van der Waals surface area (Å²) in [6.45, 7) is 13.6. The summed E-state index contributed by atoms with van der Waals surface area (Å²) >= 11 is 0. The van der Waals surface area contributed by atoms with Crippen LogP contribution in [0.15, 0.2) is 66.5 Å². The Bertz CT molecular complexity index is 1380. The smallest absolute Gasteiger partial charge is 0.410 e. The third kappa shape index (κ3) is 8.06. The molecule has 1 aliphatic rings. The van der Waals surface area contributed by atoms with Crippen molar-refractivity contribution in [3.05, 3.63) is 94.6 Å². The highest BCUT2D eigenvalue weighted by Crippen LogP contribution is 2.33. The first-order valence-corrected chi connectivity index (χ1v) is 14.3. The number of hydrogen-bond donors (Lipinski definition) is 1. The van der Waals surface area contributed by atoms with Crippen LogP contribution in [0, 0.1) is 11.7 Å². The number of hydrogen-bond acceptors (Lipinski definition) is 4. The fraction of sp³-hybridized carbons (Fsp3) is 0.424. The molecule has 0 radical (unpaired) electrons. The predicted octanol–water partition coefficient (Wildman–Crippen LogP) is 7.00. The molecule has 1 atom stereocenters. The van der Waals surface area contributed by atoms with E-state index in [9.17, 15) is 14.0 Å². The van der Waals surface area contributed by atoms with Crippen LogP contribution in [0.4, 0.5) is 9.18 Å². The summed E-state index contributed by atoms with van der Waals surface area (Å²) in [6, 6.07) is 14.5. The number of halogens is 1. The quantitative estimate of drug-likeness (QED) is 0.338. The van der Waals surface area contributed by atoms with Crippen molar-refractivity contribution >= 4 is 17.6 Å². The maximum Gasteiger partial charge on any atom is 0.410 e. The molecule has 2 heterocycles. The van der Waals surface area contributed by atoms with Crippen molar-refractivity contribution in [1.82, 2.24) is 20.0 Å². The standard InChI is InChI=1S/C33H41FN4O3/c1-22(2)20-38-21-28(19-35-38)31(39)36-23(3)24-7-9-25(10-8-24)30(26-11-13-29(34)14-12-26)27-15-17-37(18-16-27)32(40)41-33(4,5)6/h7-14,19,21-23H,15-18,20H2,1-6H3,(H,36,39)/t23-/m1/s1. The molecule has 41 heavy (non-hydrogen) atoms. The highest BCUT2D eigenvalue weighted by molar-refractivity contribution is 5.94. The van der Waals surface area contributed by atoms with Crippen LogP contribution in [0.25, 0.3) is 5.57 Å². The molecule has 4 rings (SSSR count). The highest BCUT2D eigenvalue weighted by Gasteiger charge is 2.26. The lowest BCUT2D eigenvalue weighted by Gasteiger charge is -2.32. The van der Waals surface area contributed by atoms with Crippen molar-refractivity contribution in [1.29, 1.82) is 0 Å². The van der Waals surface area contributed by atoms with Gasteiger partial charge < -0.3 is 15.0 Å². The number of nitrogens with one attached hydrogen (secondary N) is 1. The monoisotopic (exact) mass is 560 g/mol. The predicted molar refractivity (Wildman–Crippen MR) is 159 cm³/mol. The van der Waals surface area contributed by atoms with Crippen molar-refractivity contribution in [3.63, 3.8) is 0 Å². The molecule has 3 aromatic rings. The Morgan fingerprint density at radius 2 is 1.54 bits per heavy atom. The lowest BCUT2D eigenvalue weighted by Crippen LogP contribution is -2.40. The van der Waals surface area contributed by atoms with Gasteiger partial charge in [0.25, 0.3) is 5.91 Å². The van der Waals surface area contributed by atoms with Crippen LogP contribution in [-0.4, -0.2) is 45.4 Å². The molecule has 0 spiro atoms. The van der Waals surface area contributed by atoms with Gasteiger partial charge in [-0.05, 0) is 80.9 Å². The van der Waals surface area contributed by atoms with Crippen LogP contribution in [0.1, 0.15) is 87.5 Å². The Kier molecular flexibility index (Phi) is 9.31. The van der Waals surface area contributed by atoms with Gasteiger partial charge in [0.1, 0.15) is 11.4 Å². The van der Waals surface area contributed by atoms with Gasteiger partial charge in [-0.1, -0.05) is 55.8 Å². The summed E-state index contributed by atoms with van der Waals surface area (Å²) in [5.41, 5.74) is 5.17. The van der Waals surface area contributed by atoms with Crippen molar-refractivity contribution in [2.75, 3.05) is 13.1 Å². The van der Waals surface area contributed by atoms with Gasteiger partial charge in [-0.3, -0.25) is 9.48 Å². The van der Waals surface area contributed by atoms with E-state index in [1.807, 2.05) is 52.0 Å². The van der Waals surface area contributed by atoms with Gasteiger partial charge in [0.2, 0.25) is 0 Å². The minimum absolute atomic E-state index is 0.164. The van der Waals surface area contributed by atoms with Crippen LogP contribution in [0.3, 0.4) is 0 Å². The van der Waals surface area contributed by atoms with E-state index in [1.54, 1.807) is 34.1 Å². The molecular formula is C33H41FN4O3. The largest absolute Gasteiger partial charge is 0.444 e. The fourth-order valence-electron chi connectivity index (χ4n) is 4.98. The molecule has 0 unspecified atom stereocenters. The van der Waals surface area contributed by atoms with E-state index in [2.05, 4.69) is 24.3 Å². The zero-order chi connectivity index (χ0) is 29.7. The number of aromatic nitrogens is 2. The molecule has 1 aliphatic heterocycles. The Morgan fingerprint density at radius 1 is 0.951 bits per heavy atom. The zero-order valence-corrected chi connectivity index (χ0v) is 24.9. The number of amides is 2. The van der Waals surface area contributed by atoms with Crippen LogP contribution >= 0.6 is 0 Å². The lowest BCUT2D eigenvalue weighted by molar-refractivity contribution is 0.0236. The van der Waals surface area contributed by atoms with E-state index in [0.717, 1.165) is 28.8 Å². The maximum atomic E-state index is 13.8. The Morgan fingerprint density at radius 3 is 2.10 bits per heavy atom. The number of piperidine rings is 1. The summed E-state index contributed by atoms with van der Waals surface area (Å²) in [4.78, 5) is 27.2. The number of rotatable bonds is 7. The van der Waals surface area contributed by atoms with Crippen molar-refractivity contribution < 1.29 is 18.7 Å². The molecule has 2 aromatic carbocycles. The highest BCUT2D eigenvalue weighted by atomic mass is 19.1. The summed E-state index contributed by atoms with van der Waals surface area (Å²) in [5, 5.41) is 7.36. The number of carbonyl (C=O) groups is 2. The van der Waals surface area contributed by atoms with Crippen LogP contribution in [-0.2, 0) is 11.3 Å². The first kappa shape index (κ1) is 30.0. The Balaban J connectivity index is 1.51. The average Bonchev–Trinajstić information content (AvgIpc) is 3.38. The number of likely N-dealkylation sites (tertiary alicyclic amines) is 1. The molecule has 1 saturated heterocycles. The maximum absolute atomic E-state index is 13.8. The van der Waals surface area contributed by atoms with E-state index in [0.29, 0.717) is 37.4 Å². The van der Waals surface area contributed by atoms with E-state index < -0.39 is 5.60 Å². The van der Waals surface area contributed by atoms with Gasteiger partial charge in [0.05, 0.1) is 17.8 Å². The molecular weight excluding hydrogens is 519 g/mol. The molecule has 218 valence electrons. The van der Waals surface area contributed by atoms with Crippen LogP contribution in [0.2, 0.25) is 0 Å². The Labute approximate surface area is 242 Å². The SMILES string of the molecule is CC(C)Cn1cc(C(=O)N[C@H](C)c2ccc(C(=C3CCN(C(=O)OC(C)(C)C)CC3)c3ccc(F)cc3)cc2)cn1. The van der Waals surface area contributed by atoms with Gasteiger partial charge >= 0.3 is 6.09 Å². The first-order chi connectivity index (χ1) is 19.4. The summed E-state index contributed by atoms with van der Waals surface area (Å²) in [5.74, 6) is -0.00880. The number of carbonyl (C=O) groups excluding carboxylic acids is 2. The third-order valence-electron chi connectivity index (χ3n) is 7.00. The van der Waals surface area contributed by atoms with Gasteiger partial charge in [0.15, 0.2) is 0 Å². The summed E-state index contributed by atoms with van der Waals surface area (Å²) < 4.78 is 21.1. The Hall–Kier alpha value is -3.94. The van der Waals surface area contributed by atoms with Crippen molar-refractivity contribution in [2.24, 2.45) is 5.92 Å². The van der Waals surface area contributed by atoms with E-state index in [4.69, 9.17) is 4.74 Å². The lowest BCUT2D eigenvalue weighted by atomic mass is 9.88. The third-order valence-corrected chi connectivity index (χ3v) is 7.00. The van der Waals surface area contributed by atoms with E-state index in [1.165, 1.54) is 17.7 Å². The summed E-state index contributed by atoms with van der Waals surface area (Å²) in [7, 11) is 0. The average molecular weight is 561 g/mol. The van der Waals surface area contributed by atoms with Gasteiger partial charge in [-0.2, -0.15) is 5.10 Å². The molecule has 1 fully saturated rings. The molecule has 1 aromatic heterocycles. The molecule has 2 amide bonds. The van der Waals surface area contributed by atoms with Gasteiger partial charge in [-0.25, -0.2) is 9.18 Å². The molecule has 7 nitrogen and oxygen atoms in total. The van der Waals surface area contributed by atoms with Crippen molar-refractivity contribution in [2.45, 2.75) is 72.6 Å². The minimum atomic E-state index is -0.541. The minimum Gasteiger partial charge on any atom is -0.444 e. The number of benzene rings is 2. The molecule has 0 bridgehead atoms. The second kappa shape index (κ2) is 12.7. The number of nitrogens with zero attached hydrogens (tertiary/aromatic N) is 3. The fourth-order valence-corrected chi connectivity index (χ4v) is 4.98. The second-order valence-corrected chi connectivity index (χ2v) is 12.1. The van der Waals surface area contributed by atoms with Crippen LogP contribution < -0.4 is 5.32 Å². The second-order valence-electron chi connectivity index (χ2n) is 12.1. The molecule has 1 N–H and O–H groups in total. The van der Waals surface area contributed by atoms with Gasteiger partial charge in [-0.15, -0.1) is 0 Å².